The Bertz CT molecular complexity index is 879. The van der Waals surface area contributed by atoms with E-state index in [-0.39, 0.29) is 21.4 Å². The molecule has 0 radical (unpaired) electrons. The van der Waals surface area contributed by atoms with Gasteiger partial charge in [0.2, 0.25) is 15.9 Å². The molecule has 10 heteroatoms. The minimum Gasteiger partial charge on any atom is -0.433 e. The number of sulfonamides is 1. The molecular formula is C16H15ClF2N2O4S. The van der Waals surface area contributed by atoms with Gasteiger partial charge in [-0.3, -0.25) is 4.79 Å². The van der Waals surface area contributed by atoms with Crippen molar-refractivity contribution >= 4 is 33.2 Å². The van der Waals surface area contributed by atoms with Crippen LogP contribution in [0.2, 0.25) is 5.02 Å². The number of amides is 1. The van der Waals surface area contributed by atoms with Crippen LogP contribution in [0.3, 0.4) is 0 Å². The summed E-state index contributed by atoms with van der Waals surface area (Å²) >= 11 is 5.80. The second kappa shape index (κ2) is 8.43. The first kappa shape index (κ1) is 20.1. The standard InChI is InChI=1S/C16H15ClF2N2O4S/c1-21(26(23,24)12-5-3-2-4-6-12)10-15(22)20-11-7-8-14(13(17)9-11)25-16(18)19/h2-9,16H,10H2,1H3,(H,20,22). The predicted octanol–water partition coefficient (Wildman–Crippen LogP) is 3.20. The maximum Gasteiger partial charge on any atom is 0.387 e. The van der Waals surface area contributed by atoms with Crippen LogP contribution in [-0.2, 0) is 14.8 Å². The number of halogens is 3. The Kier molecular flexibility index (Phi) is 6.52. The fourth-order valence-electron chi connectivity index (χ4n) is 2.03. The van der Waals surface area contributed by atoms with Crippen molar-refractivity contribution in [1.82, 2.24) is 4.31 Å². The SMILES string of the molecule is CN(CC(=O)Nc1ccc(OC(F)F)c(Cl)c1)S(=O)(=O)c1ccccc1. The lowest BCUT2D eigenvalue weighted by Gasteiger charge is -2.17. The molecule has 0 aliphatic carbocycles. The average molecular weight is 405 g/mol. The van der Waals surface area contributed by atoms with E-state index in [1.807, 2.05) is 0 Å². The Morgan fingerprint density at radius 3 is 2.46 bits per heavy atom. The van der Waals surface area contributed by atoms with Crippen LogP contribution in [0, 0.1) is 0 Å². The molecule has 140 valence electrons. The second-order valence-corrected chi connectivity index (χ2v) is 7.60. The topological polar surface area (TPSA) is 75.7 Å². The quantitative estimate of drug-likeness (QED) is 0.769. The molecular weight excluding hydrogens is 390 g/mol. The van der Waals surface area contributed by atoms with Crippen molar-refractivity contribution < 1.29 is 26.7 Å². The van der Waals surface area contributed by atoms with Crippen LogP contribution in [0.25, 0.3) is 0 Å². The predicted molar refractivity (Wildman–Crippen MR) is 93.0 cm³/mol. The Morgan fingerprint density at radius 1 is 1.23 bits per heavy atom. The van der Waals surface area contributed by atoms with Crippen molar-refractivity contribution in [3.63, 3.8) is 0 Å². The van der Waals surface area contributed by atoms with Gasteiger partial charge >= 0.3 is 6.61 Å². The minimum atomic E-state index is -3.81. The molecule has 0 aromatic heterocycles. The molecule has 0 heterocycles. The van der Waals surface area contributed by atoms with Gasteiger partial charge < -0.3 is 10.1 Å². The molecule has 0 unspecified atom stereocenters. The van der Waals surface area contributed by atoms with E-state index in [9.17, 15) is 22.0 Å². The van der Waals surface area contributed by atoms with E-state index >= 15 is 0 Å². The lowest BCUT2D eigenvalue weighted by molar-refractivity contribution is -0.116. The first-order valence-electron chi connectivity index (χ1n) is 7.26. The number of nitrogens with one attached hydrogen (secondary N) is 1. The molecule has 6 nitrogen and oxygen atoms in total. The van der Waals surface area contributed by atoms with Gasteiger partial charge in [-0.05, 0) is 30.3 Å². The Hall–Kier alpha value is -2.23. The van der Waals surface area contributed by atoms with Gasteiger partial charge in [0.05, 0.1) is 16.5 Å². The van der Waals surface area contributed by atoms with Crippen molar-refractivity contribution in [1.29, 1.82) is 0 Å². The summed E-state index contributed by atoms with van der Waals surface area (Å²) in [5.74, 6) is -0.853. The number of hydrogen-bond donors (Lipinski definition) is 1. The first-order valence-corrected chi connectivity index (χ1v) is 9.07. The number of anilines is 1. The van der Waals surface area contributed by atoms with Crippen LogP contribution >= 0.6 is 11.6 Å². The maximum atomic E-state index is 12.4. The summed E-state index contributed by atoms with van der Waals surface area (Å²) in [6, 6.07) is 11.4. The Balaban J connectivity index is 2.03. The fraction of sp³-hybridized carbons (Fsp3) is 0.188. The number of nitrogens with zero attached hydrogens (tertiary/aromatic N) is 1. The van der Waals surface area contributed by atoms with E-state index in [1.165, 1.54) is 37.4 Å². The van der Waals surface area contributed by atoms with Gasteiger partial charge in [0.1, 0.15) is 5.75 Å². The molecule has 1 amide bonds. The normalized spacial score (nSPS) is 11.6. The number of likely N-dealkylation sites (N-methyl/N-ethyl adjacent to an activating group) is 1. The van der Waals surface area contributed by atoms with Crippen LogP contribution < -0.4 is 10.1 Å². The van der Waals surface area contributed by atoms with Gasteiger partial charge in [0.15, 0.2) is 0 Å². The highest BCUT2D eigenvalue weighted by Crippen LogP contribution is 2.29. The van der Waals surface area contributed by atoms with Crippen molar-refractivity contribution in [3.8, 4) is 5.75 Å². The summed E-state index contributed by atoms with van der Waals surface area (Å²) in [6.45, 7) is -3.46. The number of ether oxygens (including phenoxy) is 1. The minimum absolute atomic E-state index is 0.0619. The number of alkyl halides is 2. The smallest absolute Gasteiger partial charge is 0.387 e. The zero-order valence-corrected chi connectivity index (χ0v) is 15.1. The molecule has 1 N–H and O–H groups in total. The van der Waals surface area contributed by atoms with Crippen LogP contribution in [0.1, 0.15) is 0 Å². The van der Waals surface area contributed by atoms with Crippen molar-refractivity contribution in [2.45, 2.75) is 11.5 Å². The highest BCUT2D eigenvalue weighted by atomic mass is 35.5. The lowest BCUT2D eigenvalue weighted by Crippen LogP contribution is -2.34. The lowest BCUT2D eigenvalue weighted by atomic mass is 10.3. The van der Waals surface area contributed by atoms with Gasteiger partial charge in [0, 0.05) is 12.7 Å². The Labute approximate surface area is 154 Å². The molecule has 2 rings (SSSR count). The number of hydrogen-bond acceptors (Lipinski definition) is 4. The van der Waals surface area contributed by atoms with Crippen LogP contribution in [0.15, 0.2) is 53.4 Å². The van der Waals surface area contributed by atoms with Gasteiger partial charge in [0.25, 0.3) is 0 Å². The van der Waals surface area contributed by atoms with E-state index in [1.54, 1.807) is 18.2 Å². The molecule has 0 aliphatic heterocycles. The zero-order chi connectivity index (χ0) is 19.3. The summed E-state index contributed by atoms with van der Waals surface area (Å²) in [4.78, 5) is 12.1. The highest BCUT2D eigenvalue weighted by Gasteiger charge is 2.22. The third-order valence-electron chi connectivity index (χ3n) is 3.25. The molecule has 0 saturated carbocycles. The van der Waals surface area contributed by atoms with Gasteiger partial charge in [-0.1, -0.05) is 29.8 Å². The fourth-order valence-corrected chi connectivity index (χ4v) is 3.40. The highest BCUT2D eigenvalue weighted by molar-refractivity contribution is 7.89. The third-order valence-corrected chi connectivity index (χ3v) is 5.36. The summed E-state index contributed by atoms with van der Waals surface area (Å²) in [7, 11) is -2.54. The third kappa shape index (κ3) is 5.13. The number of benzene rings is 2. The molecule has 0 bridgehead atoms. The monoisotopic (exact) mass is 404 g/mol. The molecule has 0 fully saturated rings. The number of carbonyl (C=O) groups is 1. The van der Waals surface area contributed by atoms with Gasteiger partial charge in [-0.25, -0.2) is 8.42 Å². The summed E-state index contributed by atoms with van der Waals surface area (Å²) < 4.78 is 54.2. The second-order valence-electron chi connectivity index (χ2n) is 5.15. The van der Waals surface area contributed by atoms with E-state index in [0.29, 0.717) is 0 Å². The summed E-state index contributed by atoms with van der Waals surface area (Å²) in [5, 5.41) is 2.33. The molecule has 0 saturated heterocycles. The average Bonchev–Trinajstić information content (AvgIpc) is 2.57. The van der Waals surface area contributed by atoms with Crippen molar-refractivity contribution in [2.75, 3.05) is 18.9 Å². The molecule has 0 atom stereocenters. The van der Waals surface area contributed by atoms with E-state index < -0.39 is 29.1 Å². The molecule has 0 spiro atoms. The number of carbonyl (C=O) groups excluding carboxylic acids is 1. The summed E-state index contributed by atoms with van der Waals surface area (Å²) in [5.41, 5.74) is 0.215. The summed E-state index contributed by atoms with van der Waals surface area (Å²) in [6.07, 6.45) is 0. The van der Waals surface area contributed by atoms with Crippen LogP contribution in [-0.4, -0.2) is 38.8 Å². The van der Waals surface area contributed by atoms with Crippen molar-refractivity contribution in [3.05, 3.63) is 53.6 Å². The first-order chi connectivity index (χ1) is 12.2. The van der Waals surface area contributed by atoms with Crippen molar-refractivity contribution in [2.24, 2.45) is 0 Å². The molecule has 0 aliphatic rings. The van der Waals surface area contributed by atoms with Crippen LogP contribution in [0.4, 0.5) is 14.5 Å². The van der Waals surface area contributed by atoms with E-state index in [0.717, 1.165) is 4.31 Å². The largest absolute Gasteiger partial charge is 0.433 e. The van der Waals surface area contributed by atoms with E-state index in [2.05, 4.69) is 10.1 Å². The molecule has 2 aromatic rings. The molecule has 26 heavy (non-hydrogen) atoms. The van der Waals surface area contributed by atoms with Gasteiger partial charge in [-0.15, -0.1) is 0 Å². The van der Waals surface area contributed by atoms with E-state index in [4.69, 9.17) is 11.6 Å². The zero-order valence-electron chi connectivity index (χ0n) is 13.5. The maximum absolute atomic E-state index is 12.4. The van der Waals surface area contributed by atoms with Gasteiger partial charge in [-0.2, -0.15) is 13.1 Å². The molecule has 2 aromatic carbocycles. The number of rotatable bonds is 7. The Morgan fingerprint density at radius 2 is 1.88 bits per heavy atom. The van der Waals surface area contributed by atoms with Crippen LogP contribution in [0.5, 0.6) is 5.75 Å².